The van der Waals surface area contributed by atoms with E-state index in [1.165, 1.54) is 18.4 Å². The number of nitrogens with zero attached hydrogens (tertiary/aromatic N) is 1. The zero-order valence-electron chi connectivity index (χ0n) is 11.0. The molecule has 1 aliphatic rings. The molecule has 2 rings (SSSR count). The molecule has 18 heavy (non-hydrogen) atoms. The predicted octanol–water partition coefficient (Wildman–Crippen LogP) is 2.92. The van der Waals surface area contributed by atoms with Crippen LogP contribution in [-0.2, 0) is 6.42 Å². The van der Waals surface area contributed by atoms with Crippen LogP contribution in [0.1, 0.15) is 32.3 Å². The molecule has 1 saturated carbocycles. The average molecular weight is 248 g/mol. The fourth-order valence-corrected chi connectivity index (χ4v) is 2.59. The monoisotopic (exact) mass is 248 g/mol. The van der Waals surface area contributed by atoms with E-state index in [0.717, 1.165) is 13.0 Å². The molecule has 0 heterocycles. The number of hydrogen-bond donors (Lipinski definition) is 1. The van der Waals surface area contributed by atoms with Crippen molar-refractivity contribution in [1.29, 1.82) is 0 Å². The van der Waals surface area contributed by atoms with E-state index >= 15 is 0 Å². The van der Waals surface area contributed by atoms with Crippen molar-refractivity contribution in [3.05, 3.63) is 39.9 Å². The van der Waals surface area contributed by atoms with Crippen LogP contribution in [0.5, 0.6) is 0 Å². The highest BCUT2D eigenvalue weighted by Crippen LogP contribution is 2.51. The van der Waals surface area contributed by atoms with Gasteiger partial charge in [0.05, 0.1) is 4.92 Å². The van der Waals surface area contributed by atoms with Crippen LogP contribution in [0.15, 0.2) is 24.3 Å². The SMILES string of the molecule is CCNC(C)C1(Cc2ccc([N+](=O)[O-])cc2)CC1. The van der Waals surface area contributed by atoms with Crippen molar-refractivity contribution in [1.82, 2.24) is 5.32 Å². The first-order chi connectivity index (χ1) is 8.57. The molecule has 0 saturated heterocycles. The highest BCUT2D eigenvalue weighted by atomic mass is 16.6. The van der Waals surface area contributed by atoms with E-state index in [9.17, 15) is 10.1 Å². The van der Waals surface area contributed by atoms with Crippen molar-refractivity contribution in [3.63, 3.8) is 0 Å². The van der Waals surface area contributed by atoms with Crippen LogP contribution in [0.25, 0.3) is 0 Å². The van der Waals surface area contributed by atoms with Gasteiger partial charge in [0.15, 0.2) is 0 Å². The van der Waals surface area contributed by atoms with E-state index in [4.69, 9.17) is 0 Å². The maximum Gasteiger partial charge on any atom is 0.269 e. The van der Waals surface area contributed by atoms with E-state index in [1.54, 1.807) is 12.1 Å². The van der Waals surface area contributed by atoms with E-state index in [-0.39, 0.29) is 10.6 Å². The minimum atomic E-state index is -0.349. The highest BCUT2D eigenvalue weighted by Gasteiger charge is 2.46. The summed E-state index contributed by atoms with van der Waals surface area (Å²) >= 11 is 0. The van der Waals surface area contributed by atoms with Gasteiger partial charge in [-0.15, -0.1) is 0 Å². The van der Waals surface area contributed by atoms with Crippen molar-refractivity contribution in [2.75, 3.05) is 6.54 Å². The van der Waals surface area contributed by atoms with Crippen molar-refractivity contribution in [2.24, 2.45) is 5.41 Å². The number of nitro benzene ring substituents is 1. The Morgan fingerprint density at radius 1 is 1.39 bits per heavy atom. The fourth-order valence-electron chi connectivity index (χ4n) is 2.59. The molecule has 1 N–H and O–H groups in total. The maximum absolute atomic E-state index is 10.6. The largest absolute Gasteiger partial charge is 0.314 e. The molecule has 4 nitrogen and oxygen atoms in total. The van der Waals surface area contributed by atoms with Crippen LogP contribution >= 0.6 is 0 Å². The second-order valence-corrected chi connectivity index (χ2v) is 5.24. The molecule has 1 aliphatic carbocycles. The summed E-state index contributed by atoms with van der Waals surface area (Å²) in [6.07, 6.45) is 3.51. The molecule has 0 aliphatic heterocycles. The van der Waals surface area contributed by atoms with Gasteiger partial charge < -0.3 is 5.32 Å². The first-order valence-electron chi connectivity index (χ1n) is 6.54. The molecule has 1 atom stereocenters. The third kappa shape index (κ3) is 2.70. The van der Waals surface area contributed by atoms with Gasteiger partial charge in [0.25, 0.3) is 5.69 Å². The maximum atomic E-state index is 10.6. The number of benzene rings is 1. The summed E-state index contributed by atoms with van der Waals surface area (Å²) in [6.45, 7) is 5.35. The van der Waals surface area contributed by atoms with Crippen LogP contribution in [-0.4, -0.2) is 17.5 Å². The Bertz CT molecular complexity index is 424. The van der Waals surface area contributed by atoms with Crippen LogP contribution in [0.2, 0.25) is 0 Å². The lowest BCUT2D eigenvalue weighted by Crippen LogP contribution is -2.35. The minimum Gasteiger partial charge on any atom is -0.314 e. The fraction of sp³-hybridized carbons (Fsp3) is 0.571. The lowest BCUT2D eigenvalue weighted by Gasteiger charge is -2.24. The van der Waals surface area contributed by atoms with Gasteiger partial charge in [-0.3, -0.25) is 10.1 Å². The van der Waals surface area contributed by atoms with Crippen molar-refractivity contribution >= 4 is 5.69 Å². The third-order valence-corrected chi connectivity index (χ3v) is 4.02. The van der Waals surface area contributed by atoms with Crippen LogP contribution in [0, 0.1) is 15.5 Å². The Morgan fingerprint density at radius 2 is 2.00 bits per heavy atom. The smallest absolute Gasteiger partial charge is 0.269 e. The van der Waals surface area contributed by atoms with Gasteiger partial charge in [-0.1, -0.05) is 19.1 Å². The molecule has 1 unspecified atom stereocenters. The predicted molar refractivity (Wildman–Crippen MR) is 71.6 cm³/mol. The summed E-state index contributed by atoms with van der Waals surface area (Å²) in [4.78, 5) is 10.2. The molecule has 98 valence electrons. The van der Waals surface area contributed by atoms with E-state index in [0.29, 0.717) is 11.5 Å². The van der Waals surface area contributed by atoms with Crippen molar-refractivity contribution < 1.29 is 4.92 Å². The topological polar surface area (TPSA) is 55.2 Å². The molecule has 0 aromatic heterocycles. The van der Waals surface area contributed by atoms with Gasteiger partial charge in [-0.05, 0) is 43.7 Å². The summed E-state index contributed by atoms with van der Waals surface area (Å²) in [6, 6.07) is 7.48. The van der Waals surface area contributed by atoms with E-state index < -0.39 is 0 Å². The summed E-state index contributed by atoms with van der Waals surface area (Å²) in [5.41, 5.74) is 1.73. The summed E-state index contributed by atoms with van der Waals surface area (Å²) < 4.78 is 0. The molecule has 1 fully saturated rings. The number of nitrogens with one attached hydrogen (secondary N) is 1. The quantitative estimate of drug-likeness (QED) is 0.622. The lowest BCUT2D eigenvalue weighted by molar-refractivity contribution is -0.384. The van der Waals surface area contributed by atoms with Crippen molar-refractivity contribution in [2.45, 2.75) is 39.2 Å². The molecular formula is C14H20N2O2. The zero-order valence-corrected chi connectivity index (χ0v) is 11.0. The Balaban J connectivity index is 2.03. The van der Waals surface area contributed by atoms with Crippen LogP contribution < -0.4 is 5.32 Å². The Kier molecular flexibility index (Phi) is 3.66. The minimum absolute atomic E-state index is 0.170. The van der Waals surface area contributed by atoms with Gasteiger partial charge in [0, 0.05) is 18.2 Å². The second-order valence-electron chi connectivity index (χ2n) is 5.24. The van der Waals surface area contributed by atoms with E-state index in [1.807, 2.05) is 12.1 Å². The van der Waals surface area contributed by atoms with Gasteiger partial charge in [0.1, 0.15) is 0 Å². The average Bonchev–Trinajstić information content (AvgIpc) is 3.11. The van der Waals surface area contributed by atoms with Gasteiger partial charge in [0.2, 0.25) is 0 Å². The Morgan fingerprint density at radius 3 is 2.44 bits per heavy atom. The van der Waals surface area contributed by atoms with Crippen LogP contribution in [0.4, 0.5) is 5.69 Å². The zero-order chi connectivity index (χ0) is 13.2. The Hall–Kier alpha value is -1.42. The molecule has 0 radical (unpaired) electrons. The molecule has 0 amide bonds. The lowest BCUT2D eigenvalue weighted by atomic mass is 9.89. The number of non-ortho nitro benzene ring substituents is 1. The first-order valence-corrected chi connectivity index (χ1v) is 6.54. The second kappa shape index (κ2) is 5.06. The number of hydrogen-bond acceptors (Lipinski definition) is 3. The summed E-state index contributed by atoms with van der Waals surface area (Å²) in [5, 5.41) is 14.1. The standard InChI is InChI=1S/C14H20N2O2/c1-3-15-11(2)14(8-9-14)10-12-4-6-13(7-5-12)16(17)18/h4-7,11,15H,3,8-10H2,1-2H3. The van der Waals surface area contributed by atoms with Gasteiger partial charge >= 0.3 is 0 Å². The summed E-state index contributed by atoms with van der Waals surface area (Å²) in [7, 11) is 0. The number of nitro groups is 1. The molecular weight excluding hydrogens is 228 g/mol. The molecule has 0 spiro atoms. The highest BCUT2D eigenvalue weighted by molar-refractivity contribution is 5.34. The number of rotatable bonds is 6. The molecule has 4 heteroatoms. The van der Waals surface area contributed by atoms with Gasteiger partial charge in [-0.25, -0.2) is 0 Å². The molecule has 1 aromatic rings. The summed E-state index contributed by atoms with van der Waals surface area (Å²) in [5.74, 6) is 0. The van der Waals surface area contributed by atoms with E-state index in [2.05, 4.69) is 19.2 Å². The Labute approximate surface area is 108 Å². The molecule has 0 bridgehead atoms. The van der Waals surface area contributed by atoms with Crippen LogP contribution in [0.3, 0.4) is 0 Å². The van der Waals surface area contributed by atoms with Gasteiger partial charge in [-0.2, -0.15) is 0 Å². The van der Waals surface area contributed by atoms with Crippen molar-refractivity contribution in [3.8, 4) is 0 Å². The third-order valence-electron chi connectivity index (χ3n) is 4.02. The molecule has 1 aromatic carbocycles. The first kappa shape index (κ1) is 13.0. The normalized spacial score (nSPS) is 18.3.